The Morgan fingerprint density at radius 3 is 1.48 bits per heavy atom. The van der Waals surface area contributed by atoms with Gasteiger partial charge in [-0.2, -0.15) is 10.5 Å². The van der Waals surface area contributed by atoms with Gasteiger partial charge < -0.3 is 4.12 Å². The predicted molar refractivity (Wildman–Crippen MR) is 121 cm³/mol. The number of nitriles is 2. The van der Waals surface area contributed by atoms with Crippen molar-refractivity contribution in [2.24, 2.45) is 0 Å². The van der Waals surface area contributed by atoms with E-state index in [0.29, 0.717) is 12.8 Å². The first kappa shape index (κ1) is 24.8. The normalized spacial score (nSPS) is 13.6. The van der Waals surface area contributed by atoms with E-state index in [1.165, 1.54) is 0 Å². The first-order valence-electron chi connectivity index (χ1n) is 9.18. The summed E-state index contributed by atoms with van der Waals surface area (Å²) in [7, 11) is -4.33. The molecule has 0 amide bonds. The van der Waals surface area contributed by atoms with Gasteiger partial charge in [0.15, 0.2) is 16.6 Å². The number of nitrogens with zero attached hydrogens (tertiary/aromatic N) is 2. The van der Waals surface area contributed by atoms with Crippen molar-refractivity contribution in [2.75, 3.05) is 0 Å². The van der Waals surface area contributed by atoms with E-state index in [4.69, 9.17) is 4.12 Å². The standard InChI is InChI=1S/C22H32N2OSi2/c1-7-9-11-13-15-21(17-23)19-26(3,4)25-27(5,6)20-22(18-24)16-14-12-10-8-2/h7-12,19-20H,1-2,13-16H2,3-6H3. The summed E-state index contributed by atoms with van der Waals surface area (Å²) in [6, 6.07) is 4.60. The van der Waals surface area contributed by atoms with E-state index in [-0.39, 0.29) is 0 Å². The maximum Gasteiger partial charge on any atom is 0.199 e. The van der Waals surface area contributed by atoms with Gasteiger partial charge in [0.1, 0.15) is 0 Å². The molecule has 0 heterocycles. The van der Waals surface area contributed by atoms with Crippen LogP contribution in [0, 0.1) is 22.7 Å². The minimum absolute atomic E-state index is 0.706. The summed E-state index contributed by atoms with van der Waals surface area (Å²) < 4.78 is 6.50. The monoisotopic (exact) mass is 396 g/mol. The van der Waals surface area contributed by atoms with Gasteiger partial charge in [0.2, 0.25) is 0 Å². The summed E-state index contributed by atoms with van der Waals surface area (Å²) in [6.07, 6.45) is 14.3. The van der Waals surface area contributed by atoms with Crippen LogP contribution in [0.25, 0.3) is 0 Å². The van der Waals surface area contributed by atoms with Gasteiger partial charge in [-0.25, -0.2) is 0 Å². The molecule has 0 aliphatic heterocycles. The van der Waals surface area contributed by atoms with Crippen LogP contribution in [0.15, 0.2) is 72.2 Å². The summed E-state index contributed by atoms with van der Waals surface area (Å²) in [6.45, 7) is 15.7. The van der Waals surface area contributed by atoms with Crippen LogP contribution < -0.4 is 0 Å². The lowest BCUT2D eigenvalue weighted by molar-refractivity contribution is 0.569. The Hall–Kier alpha value is -2.19. The molecule has 0 aromatic carbocycles. The molecule has 3 nitrogen and oxygen atoms in total. The lowest BCUT2D eigenvalue weighted by Crippen LogP contribution is -2.42. The molecule has 5 heteroatoms. The number of allylic oxidation sites excluding steroid dienone is 8. The van der Waals surface area contributed by atoms with Crippen LogP contribution in [0.1, 0.15) is 25.7 Å². The molecule has 0 unspecified atom stereocenters. The molecule has 0 fully saturated rings. The number of hydrogen-bond acceptors (Lipinski definition) is 3. The summed E-state index contributed by atoms with van der Waals surface area (Å²) >= 11 is 0. The summed E-state index contributed by atoms with van der Waals surface area (Å²) in [5.41, 5.74) is 5.61. The molecule has 144 valence electrons. The fraction of sp³-hybridized carbons (Fsp3) is 0.364. The molecule has 0 saturated heterocycles. The van der Waals surface area contributed by atoms with E-state index in [1.54, 1.807) is 12.2 Å². The second kappa shape index (κ2) is 13.1. The quantitative estimate of drug-likeness (QED) is 0.217. The molecule has 0 aromatic rings. The minimum Gasteiger partial charge on any atom is -0.449 e. The van der Waals surface area contributed by atoms with E-state index in [0.717, 1.165) is 24.0 Å². The van der Waals surface area contributed by atoms with Gasteiger partial charge in [-0.05, 0) is 51.9 Å². The van der Waals surface area contributed by atoms with Crippen LogP contribution in [-0.4, -0.2) is 16.6 Å². The van der Waals surface area contributed by atoms with Gasteiger partial charge in [-0.15, -0.1) is 0 Å². The minimum atomic E-state index is -2.16. The number of rotatable bonds is 12. The zero-order valence-corrected chi connectivity index (χ0v) is 19.2. The molecule has 0 N–H and O–H groups in total. The molecular weight excluding hydrogens is 364 g/mol. The van der Waals surface area contributed by atoms with E-state index in [1.807, 2.05) is 35.7 Å². The molecule has 0 aliphatic rings. The summed E-state index contributed by atoms with van der Waals surface area (Å²) in [4.78, 5) is 0. The number of hydrogen-bond donors (Lipinski definition) is 0. The largest absolute Gasteiger partial charge is 0.449 e. The van der Waals surface area contributed by atoms with Crippen molar-refractivity contribution in [1.29, 1.82) is 10.5 Å². The molecule has 0 spiro atoms. The van der Waals surface area contributed by atoms with Gasteiger partial charge >= 0.3 is 0 Å². The van der Waals surface area contributed by atoms with Gasteiger partial charge in [0.25, 0.3) is 0 Å². The maximum absolute atomic E-state index is 9.42. The Morgan fingerprint density at radius 1 is 0.815 bits per heavy atom. The Bertz CT molecular complexity index is 639. The average Bonchev–Trinajstić information content (AvgIpc) is 2.59. The van der Waals surface area contributed by atoms with Gasteiger partial charge in [0.05, 0.1) is 12.1 Å². The smallest absolute Gasteiger partial charge is 0.199 e. The topological polar surface area (TPSA) is 56.8 Å². The van der Waals surface area contributed by atoms with Crippen molar-refractivity contribution in [1.82, 2.24) is 0 Å². The van der Waals surface area contributed by atoms with Crippen molar-refractivity contribution in [2.45, 2.75) is 51.9 Å². The highest BCUT2D eigenvalue weighted by atomic mass is 28.4. The summed E-state index contributed by atoms with van der Waals surface area (Å²) in [5, 5.41) is 18.8. The maximum atomic E-state index is 9.42. The lowest BCUT2D eigenvalue weighted by Gasteiger charge is -2.30. The molecule has 0 rings (SSSR count). The van der Waals surface area contributed by atoms with Gasteiger partial charge in [-0.3, -0.25) is 0 Å². The third-order valence-corrected chi connectivity index (χ3v) is 9.86. The SMILES string of the molecule is C=CC=CCCC(C#N)=C[Si](C)(C)O[Si](C)(C)C=C(C#N)CCC=CC=C. The molecule has 0 radical (unpaired) electrons. The van der Waals surface area contributed by atoms with E-state index >= 15 is 0 Å². The van der Waals surface area contributed by atoms with E-state index in [9.17, 15) is 10.5 Å². The first-order chi connectivity index (χ1) is 12.7. The Kier molecular flexibility index (Phi) is 12.0. The Balaban J connectivity index is 5.13. The van der Waals surface area contributed by atoms with E-state index < -0.39 is 16.6 Å². The molecule has 27 heavy (non-hydrogen) atoms. The van der Waals surface area contributed by atoms with E-state index in [2.05, 4.69) is 51.5 Å². The van der Waals surface area contributed by atoms with Crippen LogP contribution in [0.2, 0.25) is 26.2 Å². The van der Waals surface area contributed by atoms with Gasteiger partial charge in [-0.1, -0.05) is 61.0 Å². The fourth-order valence-corrected chi connectivity index (χ4v) is 10.8. The molecule has 0 bridgehead atoms. The Labute approximate surface area is 167 Å². The highest BCUT2D eigenvalue weighted by Crippen LogP contribution is 2.21. The zero-order chi connectivity index (χ0) is 20.8. The van der Waals surface area contributed by atoms with Crippen LogP contribution >= 0.6 is 0 Å². The van der Waals surface area contributed by atoms with Crippen LogP contribution in [0.5, 0.6) is 0 Å². The second-order valence-electron chi connectivity index (χ2n) is 7.28. The zero-order valence-electron chi connectivity index (χ0n) is 17.2. The van der Waals surface area contributed by atoms with Crippen molar-refractivity contribution >= 4 is 16.6 Å². The van der Waals surface area contributed by atoms with Crippen molar-refractivity contribution in [3.8, 4) is 12.1 Å². The average molecular weight is 397 g/mol. The molecule has 0 atom stereocenters. The highest BCUT2D eigenvalue weighted by molar-refractivity contribution is 6.89. The second-order valence-corrected chi connectivity index (χ2v) is 15.1. The van der Waals surface area contributed by atoms with Crippen LogP contribution in [0.3, 0.4) is 0 Å². The van der Waals surface area contributed by atoms with Crippen molar-refractivity contribution in [3.05, 3.63) is 72.2 Å². The predicted octanol–water partition coefficient (Wildman–Crippen LogP) is 6.44. The van der Waals surface area contributed by atoms with Crippen LogP contribution in [0.4, 0.5) is 0 Å². The molecule has 0 saturated carbocycles. The van der Waals surface area contributed by atoms with Crippen molar-refractivity contribution in [3.63, 3.8) is 0 Å². The summed E-state index contributed by atoms with van der Waals surface area (Å²) in [5.74, 6) is 0. The highest BCUT2D eigenvalue weighted by Gasteiger charge is 2.31. The lowest BCUT2D eigenvalue weighted by atomic mass is 10.2. The van der Waals surface area contributed by atoms with Crippen LogP contribution in [-0.2, 0) is 4.12 Å². The third-order valence-electron chi connectivity index (χ3n) is 3.56. The molecule has 0 aliphatic carbocycles. The van der Waals surface area contributed by atoms with Gasteiger partial charge in [0, 0.05) is 11.1 Å². The fourth-order valence-electron chi connectivity index (χ4n) is 2.76. The third kappa shape index (κ3) is 12.7. The van der Waals surface area contributed by atoms with Crippen molar-refractivity contribution < 1.29 is 4.12 Å². The molecular formula is C22H32N2OSi2. The Morgan fingerprint density at radius 2 is 1.19 bits per heavy atom. The first-order valence-corrected chi connectivity index (χ1v) is 15.2. The molecule has 0 aromatic heterocycles.